The second kappa shape index (κ2) is 9.37. The zero-order valence-corrected chi connectivity index (χ0v) is 15.6. The van der Waals surface area contributed by atoms with Crippen molar-refractivity contribution in [2.24, 2.45) is 0 Å². The summed E-state index contributed by atoms with van der Waals surface area (Å²) in [4.78, 5) is 14.1. The van der Waals surface area contributed by atoms with Gasteiger partial charge in [0.25, 0.3) is 0 Å². The summed E-state index contributed by atoms with van der Waals surface area (Å²) in [6, 6.07) is 14.6. The molecule has 1 fully saturated rings. The van der Waals surface area contributed by atoms with Gasteiger partial charge in [0.1, 0.15) is 5.82 Å². The number of urea groups is 1. The van der Waals surface area contributed by atoms with Gasteiger partial charge in [-0.1, -0.05) is 30.3 Å². The van der Waals surface area contributed by atoms with Crippen molar-refractivity contribution in [1.29, 1.82) is 0 Å². The number of carbonyl (C=O) groups excluding carboxylic acids is 1. The molecule has 5 nitrogen and oxygen atoms in total. The minimum atomic E-state index is -0.341. The predicted molar refractivity (Wildman–Crippen MR) is 106 cm³/mol. The number of halogens is 1. The maximum atomic E-state index is 14.4. The van der Waals surface area contributed by atoms with Crippen LogP contribution in [0.3, 0.4) is 0 Å². The van der Waals surface area contributed by atoms with Crippen molar-refractivity contribution in [1.82, 2.24) is 5.32 Å². The number of ether oxygens (including phenoxy) is 1. The van der Waals surface area contributed by atoms with E-state index in [9.17, 15) is 9.18 Å². The summed E-state index contributed by atoms with van der Waals surface area (Å²) in [6.07, 6.45) is 1.73. The van der Waals surface area contributed by atoms with Crippen molar-refractivity contribution in [2.45, 2.75) is 25.8 Å². The summed E-state index contributed by atoms with van der Waals surface area (Å²) in [6.45, 7) is 4.50. The maximum absolute atomic E-state index is 14.4. The van der Waals surface area contributed by atoms with E-state index in [0.29, 0.717) is 37.7 Å². The van der Waals surface area contributed by atoms with Crippen LogP contribution in [0.2, 0.25) is 0 Å². The van der Waals surface area contributed by atoms with E-state index in [0.717, 1.165) is 12.8 Å². The normalized spacial score (nSPS) is 15.3. The summed E-state index contributed by atoms with van der Waals surface area (Å²) in [5.41, 5.74) is 2.23. The molecule has 0 spiro atoms. The zero-order chi connectivity index (χ0) is 19.1. The van der Waals surface area contributed by atoms with Crippen molar-refractivity contribution in [3.8, 4) is 0 Å². The Kier molecular flexibility index (Phi) is 6.65. The Morgan fingerprint density at radius 2 is 1.93 bits per heavy atom. The number of hydrogen-bond acceptors (Lipinski definition) is 3. The van der Waals surface area contributed by atoms with Gasteiger partial charge in [-0.05, 0) is 43.5 Å². The van der Waals surface area contributed by atoms with Crippen LogP contribution in [0.25, 0.3) is 0 Å². The van der Waals surface area contributed by atoms with E-state index in [4.69, 9.17) is 4.74 Å². The minimum absolute atomic E-state index is 0.0164. The number of morpholine rings is 1. The van der Waals surface area contributed by atoms with Gasteiger partial charge in [-0.25, -0.2) is 9.18 Å². The van der Waals surface area contributed by atoms with Gasteiger partial charge in [0.05, 0.1) is 18.9 Å². The van der Waals surface area contributed by atoms with Crippen molar-refractivity contribution < 1.29 is 13.9 Å². The number of nitrogens with zero attached hydrogens (tertiary/aromatic N) is 1. The van der Waals surface area contributed by atoms with E-state index in [1.54, 1.807) is 12.1 Å². The fraction of sp³-hybridized carbons (Fsp3) is 0.381. The smallest absolute Gasteiger partial charge is 0.319 e. The standard InChI is InChI=1S/C21H26FN3O2/c1-16(7-8-17-5-3-2-4-6-17)23-21(26)24-18-9-10-20(19(22)15-18)25-11-13-27-14-12-25/h2-6,9-10,15-16H,7-8,11-14H2,1H3,(H2,23,24,26). The molecule has 0 aromatic heterocycles. The highest BCUT2D eigenvalue weighted by molar-refractivity contribution is 5.89. The van der Waals surface area contributed by atoms with E-state index in [-0.39, 0.29) is 17.9 Å². The second-order valence-electron chi connectivity index (χ2n) is 6.79. The molecular weight excluding hydrogens is 345 g/mol. The Labute approximate surface area is 159 Å². The molecule has 2 aromatic rings. The number of anilines is 2. The minimum Gasteiger partial charge on any atom is -0.378 e. The SMILES string of the molecule is CC(CCc1ccccc1)NC(=O)Nc1ccc(N2CCOCC2)c(F)c1. The van der Waals surface area contributed by atoms with Crippen LogP contribution in [-0.2, 0) is 11.2 Å². The number of hydrogen-bond donors (Lipinski definition) is 2. The van der Waals surface area contributed by atoms with E-state index < -0.39 is 0 Å². The molecule has 2 amide bonds. The summed E-state index contributed by atoms with van der Waals surface area (Å²) in [7, 11) is 0. The molecule has 0 bridgehead atoms. The van der Waals surface area contributed by atoms with Crippen LogP contribution in [0.15, 0.2) is 48.5 Å². The second-order valence-corrected chi connectivity index (χ2v) is 6.79. The van der Waals surface area contributed by atoms with E-state index in [1.165, 1.54) is 11.6 Å². The van der Waals surface area contributed by atoms with E-state index in [2.05, 4.69) is 22.8 Å². The third-order valence-corrected chi connectivity index (χ3v) is 4.64. The van der Waals surface area contributed by atoms with Crippen LogP contribution in [0.5, 0.6) is 0 Å². The highest BCUT2D eigenvalue weighted by atomic mass is 19.1. The largest absolute Gasteiger partial charge is 0.378 e. The highest BCUT2D eigenvalue weighted by Gasteiger charge is 2.16. The Hall–Kier alpha value is -2.60. The lowest BCUT2D eigenvalue weighted by Crippen LogP contribution is -2.37. The van der Waals surface area contributed by atoms with Crippen molar-refractivity contribution >= 4 is 17.4 Å². The van der Waals surface area contributed by atoms with Gasteiger partial charge in [-0.15, -0.1) is 0 Å². The third kappa shape index (κ3) is 5.69. The van der Waals surface area contributed by atoms with Crippen LogP contribution in [0.4, 0.5) is 20.6 Å². The first-order valence-corrected chi connectivity index (χ1v) is 9.35. The number of nitrogens with one attached hydrogen (secondary N) is 2. The molecule has 2 N–H and O–H groups in total. The van der Waals surface area contributed by atoms with Crippen molar-refractivity contribution in [3.05, 3.63) is 59.9 Å². The Morgan fingerprint density at radius 1 is 1.19 bits per heavy atom. The highest BCUT2D eigenvalue weighted by Crippen LogP contribution is 2.23. The van der Waals surface area contributed by atoms with Gasteiger partial charge >= 0.3 is 6.03 Å². The van der Waals surface area contributed by atoms with Crippen LogP contribution >= 0.6 is 0 Å². The first-order valence-electron chi connectivity index (χ1n) is 9.35. The topological polar surface area (TPSA) is 53.6 Å². The summed E-state index contributed by atoms with van der Waals surface area (Å²) < 4.78 is 19.7. The van der Waals surface area contributed by atoms with Gasteiger partial charge < -0.3 is 20.3 Å². The average molecular weight is 371 g/mol. The molecule has 1 atom stereocenters. The summed E-state index contributed by atoms with van der Waals surface area (Å²) in [5, 5.41) is 5.61. The first kappa shape index (κ1) is 19.2. The lowest BCUT2D eigenvalue weighted by atomic mass is 10.1. The molecule has 2 aromatic carbocycles. The summed E-state index contributed by atoms with van der Waals surface area (Å²) >= 11 is 0. The summed E-state index contributed by atoms with van der Waals surface area (Å²) in [5.74, 6) is -0.341. The monoisotopic (exact) mass is 371 g/mol. The van der Waals surface area contributed by atoms with E-state index >= 15 is 0 Å². The Bertz CT molecular complexity index is 748. The first-order chi connectivity index (χ1) is 13.1. The maximum Gasteiger partial charge on any atom is 0.319 e. The zero-order valence-electron chi connectivity index (χ0n) is 15.6. The van der Waals surface area contributed by atoms with Gasteiger partial charge in [0, 0.05) is 24.8 Å². The van der Waals surface area contributed by atoms with Gasteiger partial charge in [0.2, 0.25) is 0 Å². The molecular formula is C21H26FN3O2. The predicted octanol–water partition coefficient (Wildman–Crippen LogP) is 3.81. The fourth-order valence-electron chi connectivity index (χ4n) is 3.14. The van der Waals surface area contributed by atoms with Crippen LogP contribution < -0.4 is 15.5 Å². The lowest BCUT2D eigenvalue weighted by molar-refractivity contribution is 0.122. The van der Waals surface area contributed by atoms with Crippen LogP contribution in [-0.4, -0.2) is 38.4 Å². The molecule has 27 heavy (non-hydrogen) atoms. The molecule has 1 saturated heterocycles. The van der Waals surface area contributed by atoms with Crippen LogP contribution in [0, 0.1) is 5.82 Å². The van der Waals surface area contributed by atoms with Crippen molar-refractivity contribution in [3.63, 3.8) is 0 Å². The van der Waals surface area contributed by atoms with Gasteiger partial charge in [0.15, 0.2) is 0 Å². The fourth-order valence-corrected chi connectivity index (χ4v) is 3.14. The molecule has 3 rings (SSSR count). The Balaban J connectivity index is 1.49. The molecule has 144 valence electrons. The molecule has 1 aliphatic rings. The number of benzene rings is 2. The molecule has 1 heterocycles. The van der Waals surface area contributed by atoms with Crippen molar-refractivity contribution in [2.75, 3.05) is 36.5 Å². The van der Waals surface area contributed by atoms with Crippen LogP contribution in [0.1, 0.15) is 18.9 Å². The molecule has 0 aliphatic carbocycles. The average Bonchev–Trinajstić information content (AvgIpc) is 2.68. The Morgan fingerprint density at radius 3 is 2.63 bits per heavy atom. The lowest BCUT2D eigenvalue weighted by Gasteiger charge is -2.29. The molecule has 0 radical (unpaired) electrons. The number of rotatable bonds is 6. The van der Waals surface area contributed by atoms with E-state index in [1.807, 2.05) is 30.0 Å². The molecule has 0 saturated carbocycles. The molecule has 1 unspecified atom stereocenters. The third-order valence-electron chi connectivity index (χ3n) is 4.64. The molecule has 6 heteroatoms. The number of amides is 2. The molecule has 1 aliphatic heterocycles. The number of carbonyl (C=O) groups is 1. The van der Waals surface area contributed by atoms with Gasteiger partial charge in [-0.3, -0.25) is 0 Å². The quantitative estimate of drug-likeness (QED) is 0.812. The number of aryl methyl sites for hydroxylation is 1. The van der Waals surface area contributed by atoms with Gasteiger partial charge in [-0.2, -0.15) is 0 Å².